The maximum atomic E-state index is 5.87. The van der Waals surface area contributed by atoms with Crippen LogP contribution in [-0.4, -0.2) is 12.1 Å². The zero-order chi connectivity index (χ0) is 12.2. The number of hydrogen-bond acceptors (Lipinski definition) is 1. The minimum atomic E-state index is 0.154. The van der Waals surface area contributed by atoms with E-state index in [0.29, 0.717) is 0 Å². The predicted molar refractivity (Wildman–Crippen MR) is 75.9 cm³/mol. The van der Waals surface area contributed by atoms with Crippen molar-refractivity contribution in [1.82, 2.24) is 5.32 Å². The number of nitrogens with one attached hydrogen (secondary N) is 1. The third-order valence-corrected chi connectivity index (χ3v) is 2.93. The molecular weight excluding hydrogens is 286 g/mol. The fourth-order valence-corrected chi connectivity index (χ4v) is 2.00. The average Bonchev–Trinajstić information content (AvgIpc) is 2.13. The van der Waals surface area contributed by atoms with E-state index in [1.165, 1.54) is 0 Å². The van der Waals surface area contributed by atoms with E-state index in [-0.39, 0.29) is 5.54 Å². The molecule has 0 amide bonds. The molecule has 0 fully saturated rings. The van der Waals surface area contributed by atoms with Crippen LogP contribution in [0.4, 0.5) is 0 Å². The lowest BCUT2D eigenvalue weighted by atomic mass is 10.1. The summed E-state index contributed by atoms with van der Waals surface area (Å²) in [5.74, 6) is 0. The number of halogens is 2. The molecule has 0 saturated carbocycles. The van der Waals surface area contributed by atoms with Gasteiger partial charge in [0, 0.05) is 21.6 Å². The van der Waals surface area contributed by atoms with Gasteiger partial charge in [-0.15, -0.1) is 0 Å². The molecule has 1 aromatic rings. The maximum absolute atomic E-state index is 5.87. The fraction of sp³-hybridized carbons (Fsp3) is 0.385. The van der Waals surface area contributed by atoms with Crippen LogP contribution in [-0.2, 0) is 0 Å². The second-order valence-electron chi connectivity index (χ2n) is 4.70. The van der Waals surface area contributed by atoms with Crippen LogP contribution in [0.1, 0.15) is 26.3 Å². The fourth-order valence-electron chi connectivity index (χ4n) is 1.19. The van der Waals surface area contributed by atoms with Crippen molar-refractivity contribution in [3.05, 3.63) is 39.3 Å². The first kappa shape index (κ1) is 13.8. The minimum absolute atomic E-state index is 0.154. The highest BCUT2D eigenvalue weighted by Crippen LogP contribution is 2.22. The topological polar surface area (TPSA) is 12.0 Å². The van der Waals surface area contributed by atoms with Crippen molar-refractivity contribution in [2.75, 3.05) is 6.54 Å². The van der Waals surface area contributed by atoms with Gasteiger partial charge in [0.05, 0.1) is 0 Å². The van der Waals surface area contributed by atoms with Crippen LogP contribution in [0.5, 0.6) is 0 Å². The maximum Gasteiger partial charge on any atom is 0.0417 e. The van der Waals surface area contributed by atoms with Gasteiger partial charge in [0.2, 0.25) is 0 Å². The molecule has 0 atom stereocenters. The number of rotatable bonds is 3. The highest BCUT2D eigenvalue weighted by Gasteiger charge is 2.05. The SMILES string of the molecule is CC(C)(C)NC/C=C/c1ccc(Cl)cc1Br. The summed E-state index contributed by atoms with van der Waals surface area (Å²) in [7, 11) is 0. The van der Waals surface area contributed by atoms with Gasteiger partial charge in [-0.2, -0.15) is 0 Å². The molecule has 0 bridgehead atoms. The van der Waals surface area contributed by atoms with Gasteiger partial charge in [0.25, 0.3) is 0 Å². The summed E-state index contributed by atoms with van der Waals surface area (Å²) in [5, 5.41) is 4.14. The first-order valence-corrected chi connectivity index (χ1v) is 6.42. The van der Waals surface area contributed by atoms with Crippen LogP contribution in [0.2, 0.25) is 5.02 Å². The summed E-state index contributed by atoms with van der Waals surface area (Å²) >= 11 is 9.35. The molecule has 0 saturated heterocycles. The third-order valence-electron chi connectivity index (χ3n) is 2.01. The Bertz CT molecular complexity index is 380. The van der Waals surface area contributed by atoms with E-state index in [1.54, 1.807) is 0 Å². The van der Waals surface area contributed by atoms with E-state index >= 15 is 0 Å². The lowest BCUT2D eigenvalue weighted by molar-refractivity contribution is 0.450. The standard InChI is InChI=1S/C13H17BrClN/c1-13(2,3)16-8-4-5-10-6-7-11(15)9-12(10)14/h4-7,9,16H,8H2,1-3H3/b5-4+. The zero-order valence-electron chi connectivity index (χ0n) is 9.85. The summed E-state index contributed by atoms with van der Waals surface area (Å²) in [6.07, 6.45) is 4.19. The Morgan fingerprint density at radius 2 is 2.06 bits per heavy atom. The average molecular weight is 303 g/mol. The molecule has 88 valence electrons. The van der Waals surface area contributed by atoms with Gasteiger partial charge in [-0.05, 0) is 38.5 Å². The van der Waals surface area contributed by atoms with Gasteiger partial charge >= 0.3 is 0 Å². The van der Waals surface area contributed by atoms with Gasteiger partial charge in [-0.3, -0.25) is 0 Å². The second-order valence-corrected chi connectivity index (χ2v) is 5.99. The molecule has 0 aliphatic heterocycles. The molecule has 1 N–H and O–H groups in total. The molecule has 1 rings (SSSR count). The van der Waals surface area contributed by atoms with Gasteiger partial charge in [-0.25, -0.2) is 0 Å². The Hall–Kier alpha value is -0.310. The van der Waals surface area contributed by atoms with Crippen molar-refractivity contribution < 1.29 is 0 Å². The summed E-state index contributed by atoms with van der Waals surface area (Å²) in [5.41, 5.74) is 1.29. The van der Waals surface area contributed by atoms with Crippen LogP contribution in [0, 0.1) is 0 Å². The van der Waals surface area contributed by atoms with Crippen molar-refractivity contribution in [3.8, 4) is 0 Å². The summed E-state index contributed by atoms with van der Waals surface area (Å²) in [6.45, 7) is 7.32. The van der Waals surface area contributed by atoms with E-state index in [2.05, 4.69) is 54.2 Å². The lowest BCUT2D eigenvalue weighted by Gasteiger charge is -2.18. The second kappa shape index (κ2) is 5.85. The van der Waals surface area contributed by atoms with Gasteiger partial charge in [0.15, 0.2) is 0 Å². The molecule has 0 aliphatic carbocycles. The number of benzene rings is 1. The molecule has 16 heavy (non-hydrogen) atoms. The van der Waals surface area contributed by atoms with Crippen molar-refractivity contribution in [2.24, 2.45) is 0 Å². The molecule has 0 aromatic heterocycles. The molecule has 0 aliphatic rings. The first-order chi connectivity index (χ1) is 7.38. The largest absolute Gasteiger partial charge is 0.309 e. The van der Waals surface area contributed by atoms with Gasteiger partial charge < -0.3 is 5.32 Å². The van der Waals surface area contributed by atoms with Crippen molar-refractivity contribution in [1.29, 1.82) is 0 Å². The molecule has 3 heteroatoms. The van der Waals surface area contributed by atoms with E-state index in [9.17, 15) is 0 Å². The Balaban J connectivity index is 2.57. The summed E-state index contributed by atoms with van der Waals surface area (Å²) < 4.78 is 1.02. The van der Waals surface area contributed by atoms with Gasteiger partial charge in [-0.1, -0.05) is 45.7 Å². The van der Waals surface area contributed by atoms with E-state index in [1.807, 2.05) is 18.2 Å². The Morgan fingerprint density at radius 1 is 1.38 bits per heavy atom. The van der Waals surface area contributed by atoms with Crippen LogP contribution < -0.4 is 5.32 Å². The normalized spacial score (nSPS) is 12.3. The van der Waals surface area contributed by atoms with Crippen LogP contribution in [0.15, 0.2) is 28.7 Å². The molecule has 0 heterocycles. The minimum Gasteiger partial charge on any atom is -0.309 e. The molecular formula is C13H17BrClN. The molecule has 1 aromatic carbocycles. The monoisotopic (exact) mass is 301 g/mol. The molecule has 0 spiro atoms. The quantitative estimate of drug-likeness (QED) is 0.866. The van der Waals surface area contributed by atoms with Gasteiger partial charge in [0.1, 0.15) is 0 Å². The predicted octanol–water partition coefficient (Wildman–Crippen LogP) is 4.50. The molecule has 1 nitrogen and oxygen atoms in total. The summed E-state index contributed by atoms with van der Waals surface area (Å²) in [6, 6.07) is 5.79. The van der Waals surface area contributed by atoms with Crippen molar-refractivity contribution in [3.63, 3.8) is 0 Å². The van der Waals surface area contributed by atoms with Crippen LogP contribution >= 0.6 is 27.5 Å². The Morgan fingerprint density at radius 3 is 2.62 bits per heavy atom. The Labute approximate surface area is 111 Å². The first-order valence-electron chi connectivity index (χ1n) is 5.25. The van der Waals surface area contributed by atoms with Crippen LogP contribution in [0.3, 0.4) is 0 Å². The molecule has 0 radical (unpaired) electrons. The highest BCUT2D eigenvalue weighted by molar-refractivity contribution is 9.10. The van der Waals surface area contributed by atoms with E-state index in [0.717, 1.165) is 21.6 Å². The van der Waals surface area contributed by atoms with Crippen molar-refractivity contribution in [2.45, 2.75) is 26.3 Å². The zero-order valence-corrected chi connectivity index (χ0v) is 12.2. The van der Waals surface area contributed by atoms with E-state index in [4.69, 9.17) is 11.6 Å². The van der Waals surface area contributed by atoms with Crippen molar-refractivity contribution >= 4 is 33.6 Å². The highest BCUT2D eigenvalue weighted by atomic mass is 79.9. The molecule has 0 unspecified atom stereocenters. The van der Waals surface area contributed by atoms with Crippen LogP contribution in [0.25, 0.3) is 6.08 Å². The Kier molecular flexibility index (Phi) is 5.03. The van der Waals surface area contributed by atoms with E-state index < -0.39 is 0 Å². The third kappa shape index (κ3) is 5.15. The smallest absolute Gasteiger partial charge is 0.0417 e. The summed E-state index contributed by atoms with van der Waals surface area (Å²) in [4.78, 5) is 0. The lowest BCUT2D eigenvalue weighted by Crippen LogP contribution is -2.35. The number of hydrogen-bond donors (Lipinski definition) is 1.